The van der Waals surface area contributed by atoms with E-state index in [0.717, 1.165) is 26.2 Å². The first-order valence-electron chi connectivity index (χ1n) is 9.79. The van der Waals surface area contributed by atoms with Gasteiger partial charge in [-0.05, 0) is 37.2 Å². The molecule has 4 heteroatoms. The van der Waals surface area contributed by atoms with Crippen LogP contribution in [0.5, 0.6) is 0 Å². The van der Waals surface area contributed by atoms with Crippen molar-refractivity contribution in [2.75, 3.05) is 19.8 Å². The first-order valence-corrected chi connectivity index (χ1v) is 9.79. The van der Waals surface area contributed by atoms with Crippen molar-refractivity contribution in [2.45, 2.75) is 57.7 Å². The SMILES string of the molecule is C[C@@H]1[C@@H](NC(=O)CC2COC2)CC2(CCC2)CN1Cc1ccccc1. The van der Waals surface area contributed by atoms with Crippen LogP contribution in [0.2, 0.25) is 0 Å². The van der Waals surface area contributed by atoms with Crippen molar-refractivity contribution in [2.24, 2.45) is 11.3 Å². The third-order valence-electron chi connectivity index (χ3n) is 6.52. The van der Waals surface area contributed by atoms with E-state index in [1.165, 1.54) is 31.4 Å². The molecule has 1 aromatic rings. The molecule has 0 radical (unpaired) electrons. The number of nitrogens with zero attached hydrogens (tertiary/aromatic N) is 1. The van der Waals surface area contributed by atoms with E-state index < -0.39 is 0 Å². The minimum Gasteiger partial charge on any atom is -0.381 e. The molecule has 25 heavy (non-hydrogen) atoms. The lowest BCUT2D eigenvalue weighted by Gasteiger charge is -2.54. The normalized spacial score (nSPS) is 29.0. The highest BCUT2D eigenvalue weighted by Gasteiger charge is 2.47. The number of carbonyl (C=O) groups is 1. The van der Waals surface area contributed by atoms with E-state index in [2.05, 4.69) is 47.5 Å². The third-order valence-corrected chi connectivity index (χ3v) is 6.52. The van der Waals surface area contributed by atoms with Crippen molar-refractivity contribution in [3.8, 4) is 0 Å². The Morgan fingerprint density at radius 3 is 2.64 bits per heavy atom. The van der Waals surface area contributed by atoms with Gasteiger partial charge in [0.1, 0.15) is 0 Å². The molecule has 136 valence electrons. The Hall–Kier alpha value is -1.39. The predicted molar refractivity (Wildman–Crippen MR) is 98.1 cm³/mol. The molecule has 4 nitrogen and oxygen atoms in total. The molecule has 1 amide bonds. The molecule has 2 saturated heterocycles. The molecular weight excluding hydrogens is 312 g/mol. The average molecular weight is 342 g/mol. The topological polar surface area (TPSA) is 41.6 Å². The van der Waals surface area contributed by atoms with Crippen molar-refractivity contribution in [1.82, 2.24) is 10.2 Å². The van der Waals surface area contributed by atoms with Gasteiger partial charge in [-0.25, -0.2) is 0 Å². The lowest BCUT2D eigenvalue weighted by molar-refractivity contribution is -0.129. The zero-order valence-electron chi connectivity index (χ0n) is 15.2. The minimum absolute atomic E-state index is 0.209. The van der Waals surface area contributed by atoms with Gasteiger partial charge in [0.2, 0.25) is 5.91 Å². The highest BCUT2D eigenvalue weighted by atomic mass is 16.5. The number of likely N-dealkylation sites (tertiary alicyclic amines) is 1. The van der Waals surface area contributed by atoms with E-state index >= 15 is 0 Å². The Morgan fingerprint density at radius 2 is 2.04 bits per heavy atom. The van der Waals surface area contributed by atoms with Crippen LogP contribution < -0.4 is 5.32 Å². The first-order chi connectivity index (χ1) is 12.1. The van der Waals surface area contributed by atoms with Gasteiger partial charge >= 0.3 is 0 Å². The Bertz CT molecular complexity index is 595. The summed E-state index contributed by atoms with van der Waals surface area (Å²) in [7, 11) is 0. The summed E-state index contributed by atoms with van der Waals surface area (Å²) in [4.78, 5) is 15.0. The van der Waals surface area contributed by atoms with E-state index in [9.17, 15) is 4.79 Å². The summed E-state index contributed by atoms with van der Waals surface area (Å²) >= 11 is 0. The first kappa shape index (κ1) is 17.0. The van der Waals surface area contributed by atoms with Crippen LogP contribution in [-0.2, 0) is 16.1 Å². The molecule has 1 aliphatic carbocycles. The fourth-order valence-corrected chi connectivity index (χ4v) is 4.69. The maximum atomic E-state index is 12.5. The number of piperidine rings is 1. The molecule has 1 aromatic carbocycles. The lowest BCUT2D eigenvalue weighted by Crippen LogP contribution is -2.61. The highest BCUT2D eigenvalue weighted by Crippen LogP contribution is 2.49. The van der Waals surface area contributed by atoms with Gasteiger partial charge in [0.15, 0.2) is 0 Å². The molecule has 0 bridgehead atoms. The van der Waals surface area contributed by atoms with Gasteiger partial charge in [-0.3, -0.25) is 9.69 Å². The number of rotatable bonds is 5. The molecular formula is C21H30N2O2. The summed E-state index contributed by atoms with van der Waals surface area (Å²) in [5.74, 6) is 0.637. The van der Waals surface area contributed by atoms with Gasteiger partial charge in [-0.2, -0.15) is 0 Å². The van der Waals surface area contributed by atoms with Gasteiger partial charge in [-0.15, -0.1) is 0 Å². The highest BCUT2D eigenvalue weighted by molar-refractivity contribution is 5.76. The van der Waals surface area contributed by atoms with Crippen LogP contribution in [0.4, 0.5) is 0 Å². The fourth-order valence-electron chi connectivity index (χ4n) is 4.69. The van der Waals surface area contributed by atoms with Crippen LogP contribution in [0.25, 0.3) is 0 Å². The smallest absolute Gasteiger partial charge is 0.220 e. The van der Waals surface area contributed by atoms with Crippen molar-refractivity contribution in [3.05, 3.63) is 35.9 Å². The summed E-state index contributed by atoms with van der Waals surface area (Å²) < 4.78 is 5.20. The van der Waals surface area contributed by atoms with Gasteiger partial charge < -0.3 is 10.1 Å². The summed E-state index contributed by atoms with van der Waals surface area (Å²) in [6.45, 7) is 5.93. The molecule has 1 N–H and O–H groups in total. The van der Waals surface area contributed by atoms with Crippen LogP contribution in [0.15, 0.2) is 30.3 Å². The second-order valence-electron chi connectivity index (χ2n) is 8.47. The molecule has 2 heterocycles. The minimum atomic E-state index is 0.209. The monoisotopic (exact) mass is 342 g/mol. The zero-order chi connectivity index (χ0) is 17.3. The van der Waals surface area contributed by atoms with E-state index in [4.69, 9.17) is 4.74 Å². The molecule has 0 aromatic heterocycles. The van der Waals surface area contributed by atoms with Crippen LogP contribution in [0.3, 0.4) is 0 Å². The van der Waals surface area contributed by atoms with Crippen LogP contribution in [0, 0.1) is 11.3 Å². The Labute approximate surface area is 150 Å². The number of nitrogens with one attached hydrogen (secondary N) is 1. The summed E-state index contributed by atoms with van der Waals surface area (Å²) in [6.07, 6.45) is 5.73. The Morgan fingerprint density at radius 1 is 1.28 bits per heavy atom. The second kappa shape index (κ2) is 7.08. The van der Waals surface area contributed by atoms with Crippen molar-refractivity contribution < 1.29 is 9.53 Å². The molecule has 1 saturated carbocycles. The molecule has 2 aliphatic heterocycles. The molecule has 4 rings (SSSR count). The van der Waals surface area contributed by atoms with Gasteiger partial charge in [-0.1, -0.05) is 36.8 Å². The summed E-state index contributed by atoms with van der Waals surface area (Å²) in [5.41, 5.74) is 1.79. The van der Waals surface area contributed by atoms with Crippen LogP contribution in [-0.4, -0.2) is 42.6 Å². The number of ether oxygens (including phenoxy) is 1. The van der Waals surface area contributed by atoms with E-state index in [0.29, 0.717) is 23.8 Å². The fraction of sp³-hybridized carbons (Fsp3) is 0.667. The summed E-state index contributed by atoms with van der Waals surface area (Å²) in [6, 6.07) is 11.4. The van der Waals surface area contributed by atoms with Crippen LogP contribution in [0.1, 0.15) is 44.6 Å². The Balaban J connectivity index is 1.43. The standard InChI is InChI=1S/C21H30N2O2/c1-16-19(22-20(24)10-18-13-25-14-18)11-21(8-5-9-21)15-23(16)12-17-6-3-2-4-7-17/h2-4,6-7,16,18-19H,5,8-15H2,1H3,(H,22,24)/t16-,19+/m1/s1. The zero-order valence-corrected chi connectivity index (χ0v) is 15.2. The van der Waals surface area contributed by atoms with Gasteiger partial charge in [0.05, 0.1) is 13.2 Å². The maximum absolute atomic E-state index is 12.5. The van der Waals surface area contributed by atoms with Crippen molar-refractivity contribution in [1.29, 1.82) is 0 Å². The molecule has 3 fully saturated rings. The second-order valence-corrected chi connectivity index (χ2v) is 8.47. The van der Waals surface area contributed by atoms with E-state index in [-0.39, 0.29) is 11.9 Å². The number of carbonyl (C=O) groups excluding carboxylic acids is 1. The molecule has 3 aliphatic rings. The predicted octanol–water partition coefficient (Wildman–Crippen LogP) is 2.97. The average Bonchev–Trinajstić information content (AvgIpc) is 2.54. The molecule has 0 unspecified atom stereocenters. The van der Waals surface area contributed by atoms with Crippen LogP contribution >= 0.6 is 0 Å². The maximum Gasteiger partial charge on any atom is 0.220 e. The van der Waals surface area contributed by atoms with Gasteiger partial charge in [0.25, 0.3) is 0 Å². The largest absolute Gasteiger partial charge is 0.381 e. The molecule has 2 atom stereocenters. The number of hydrogen-bond acceptors (Lipinski definition) is 3. The third kappa shape index (κ3) is 3.75. The molecule has 1 spiro atoms. The quantitative estimate of drug-likeness (QED) is 0.894. The van der Waals surface area contributed by atoms with Crippen molar-refractivity contribution in [3.63, 3.8) is 0 Å². The lowest BCUT2D eigenvalue weighted by atomic mass is 9.62. The number of amides is 1. The van der Waals surface area contributed by atoms with E-state index in [1.54, 1.807) is 0 Å². The number of hydrogen-bond donors (Lipinski definition) is 1. The summed E-state index contributed by atoms with van der Waals surface area (Å²) in [5, 5.41) is 3.37. The van der Waals surface area contributed by atoms with E-state index in [1.807, 2.05) is 0 Å². The van der Waals surface area contributed by atoms with Crippen molar-refractivity contribution >= 4 is 5.91 Å². The number of benzene rings is 1. The van der Waals surface area contributed by atoms with Gasteiger partial charge in [0, 0.05) is 37.5 Å². The Kier molecular flexibility index (Phi) is 4.83.